The Morgan fingerprint density at radius 2 is 1.71 bits per heavy atom. The number of carbonyl (C=O) groups is 1. The summed E-state index contributed by atoms with van der Waals surface area (Å²) in [6.45, 7) is -1.18. The highest BCUT2D eigenvalue weighted by molar-refractivity contribution is 5.94. The van der Waals surface area contributed by atoms with Crippen LogP contribution in [0.5, 0.6) is 11.5 Å². The molecule has 0 spiro atoms. The molecule has 0 aliphatic carbocycles. The maximum Gasteiger partial charge on any atom is 0.406 e. The first-order valence-electron chi connectivity index (χ1n) is 8.47. The fraction of sp³-hybridized carbons (Fsp3) is 0.200. The van der Waals surface area contributed by atoms with Gasteiger partial charge >= 0.3 is 6.18 Å². The number of carbonyl (C=O) groups excluding carboxylic acids is 1. The highest BCUT2D eigenvalue weighted by atomic mass is 19.4. The maximum absolute atomic E-state index is 12.6. The Hall–Kier alpha value is -3.29. The van der Waals surface area contributed by atoms with Crippen LogP contribution in [0.2, 0.25) is 0 Å². The Labute approximate surface area is 160 Å². The van der Waals surface area contributed by atoms with Gasteiger partial charge in [0.1, 0.15) is 23.9 Å². The minimum absolute atomic E-state index is 0.0375. The largest absolute Gasteiger partial charge is 0.457 e. The number of alkyl halides is 3. The van der Waals surface area contributed by atoms with E-state index in [1.165, 1.54) is 24.3 Å². The molecule has 0 bridgehead atoms. The minimum Gasteiger partial charge on any atom is -0.457 e. The predicted molar refractivity (Wildman–Crippen MR) is 97.0 cm³/mol. The van der Waals surface area contributed by atoms with Crippen LogP contribution in [0.15, 0.2) is 67.0 Å². The van der Waals surface area contributed by atoms with Crippen LogP contribution in [0.25, 0.3) is 0 Å². The van der Waals surface area contributed by atoms with Crippen molar-refractivity contribution in [3.63, 3.8) is 0 Å². The molecule has 0 saturated heterocycles. The Kier molecular flexibility index (Phi) is 5.67. The number of benzene rings is 2. The van der Waals surface area contributed by atoms with E-state index in [2.05, 4.69) is 4.98 Å². The Morgan fingerprint density at radius 1 is 1.07 bits per heavy atom. The lowest BCUT2D eigenvalue weighted by Gasteiger charge is -2.18. The molecule has 146 valence electrons. The summed E-state index contributed by atoms with van der Waals surface area (Å²) < 4.78 is 44.5. The second-order valence-corrected chi connectivity index (χ2v) is 6.19. The molecule has 8 heteroatoms. The number of aromatic nitrogens is 2. The van der Waals surface area contributed by atoms with Gasteiger partial charge in [0, 0.05) is 25.0 Å². The van der Waals surface area contributed by atoms with E-state index < -0.39 is 12.7 Å². The summed E-state index contributed by atoms with van der Waals surface area (Å²) in [6, 6.07) is 15.8. The van der Waals surface area contributed by atoms with Gasteiger partial charge in [-0.1, -0.05) is 18.2 Å². The van der Waals surface area contributed by atoms with Gasteiger partial charge in [-0.25, -0.2) is 4.98 Å². The molecule has 1 heterocycles. The first kappa shape index (κ1) is 19.5. The summed E-state index contributed by atoms with van der Waals surface area (Å²) in [5, 5.41) is 0. The highest BCUT2D eigenvalue weighted by Crippen LogP contribution is 2.22. The number of hydrogen-bond donors (Lipinski definition) is 0. The van der Waals surface area contributed by atoms with Crippen molar-refractivity contribution < 1.29 is 22.7 Å². The van der Waals surface area contributed by atoms with E-state index in [-0.39, 0.29) is 18.3 Å². The lowest BCUT2D eigenvalue weighted by Crippen LogP contribution is -2.29. The molecule has 0 aliphatic heterocycles. The standard InChI is InChI=1S/C20H18F3N3O2/c1-25(13-18-24-11-12-26(18)14-20(21,22)23)19(27)15-7-9-17(10-8-15)28-16-5-3-2-4-6-16/h2-12H,13-14H2,1H3. The van der Waals surface area contributed by atoms with Crippen LogP contribution >= 0.6 is 0 Å². The zero-order valence-electron chi connectivity index (χ0n) is 15.1. The van der Waals surface area contributed by atoms with Crippen LogP contribution in [-0.4, -0.2) is 33.6 Å². The van der Waals surface area contributed by atoms with Gasteiger partial charge < -0.3 is 14.2 Å². The first-order valence-corrected chi connectivity index (χ1v) is 8.47. The van der Waals surface area contributed by atoms with Gasteiger partial charge in [-0.15, -0.1) is 0 Å². The Morgan fingerprint density at radius 3 is 2.36 bits per heavy atom. The quantitative estimate of drug-likeness (QED) is 0.623. The fourth-order valence-corrected chi connectivity index (χ4v) is 2.62. The molecule has 0 radical (unpaired) electrons. The van der Waals surface area contributed by atoms with Crippen LogP contribution in [0.1, 0.15) is 16.2 Å². The number of nitrogens with zero attached hydrogens (tertiary/aromatic N) is 3. The lowest BCUT2D eigenvalue weighted by molar-refractivity contribution is -0.141. The van der Waals surface area contributed by atoms with E-state index in [0.717, 1.165) is 4.57 Å². The number of ether oxygens (including phenoxy) is 1. The molecule has 0 fully saturated rings. The van der Waals surface area contributed by atoms with Crippen molar-refractivity contribution in [2.45, 2.75) is 19.3 Å². The van der Waals surface area contributed by atoms with Gasteiger partial charge in [0.25, 0.3) is 5.91 Å². The summed E-state index contributed by atoms with van der Waals surface area (Å²) in [5.74, 6) is 1.09. The number of imidazole rings is 1. The number of hydrogen-bond acceptors (Lipinski definition) is 3. The van der Waals surface area contributed by atoms with Gasteiger partial charge in [0.2, 0.25) is 0 Å². The zero-order valence-corrected chi connectivity index (χ0v) is 15.1. The SMILES string of the molecule is CN(Cc1nccn1CC(F)(F)F)C(=O)c1ccc(Oc2ccccc2)cc1. The van der Waals surface area contributed by atoms with Gasteiger partial charge in [0.05, 0.1) is 6.54 Å². The lowest BCUT2D eigenvalue weighted by atomic mass is 10.2. The van der Waals surface area contributed by atoms with Crippen LogP contribution in [0.4, 0.5) is 13.2 Å². The summed E-state index contributed by atoms with van der Waals surface area (Å²) in [4.78, 5) is 17.8. The van der Waals surface area contributed by atoms with E-state index in [4.69, 9.17) is 4.74 Å². The summed E-state index contributed by atoms with van der Waals surface area (Å²) in [5.41, 5.74) is 0.400. The molecule has 3 rings (SSSR count). The average Bonchev–Trinajstić information content (AvgIpc) is 3.07. The molecule has 1 aromatic heterocycles. The smallest absolute Gasteiger partial charge is 0.406 e. The van der Waals surface area contributed by atoms with E-state index in [1.54, 1.807) is 24.3 Å². The van der Waals surface area contributed by atoms with Crippen molar-refractivity contribution >= 4 is 5.91 Å². The molecular weight excluding hydrogens is 371 g/mol. The second kappa shape index (κ2) is 8.16. The van der Waals surface area contributed by atoms with Gasteiger partial charge in [-0.05, 0) is 36.4 Å². The minimum atomic E-state index is -4.35. The highest BCUT2D eigenvalue weighted by Gasteiger charge is 2.29. The topological polar surface area (TPSA) is 47.4 Å². The third kappa shape index (κ3) is 5.12. The van der Waals surface area contributed by atoms with E-state index in [1.807, 2.05) is 30.3 Å². The van der Waals surface area contributed by atoms with Gasteiger partial charge in [0.15, 0.2) is 0 Å². The van der Waals surface area contributed by atoms with Crippen molar-refractivity contribution in [1.29, 1.82) is 0 Å². The monoisotopic (exact) mass is 389 g/mol. The van der Waals surface area contributed by atoms with E-state index in [9.17, 15) is 18.0 Å². The van der Waals surface area contributed by atoms with E-state index >= 15 is 0 Å². The fourth-order valence-electron chi connectivity index (χ4n) is 2.62. The third-order valence-electron chi connectivity index (χ3n) is 3.96. The number of halogens is 3. The van der Waals surface area contributed by atoms with Crippen LogP contribution in [0, 0.1) is 0 Å². The molecule has 5 nitrogen and oxygen atoms in total. The number of para-hydroxylation sites is 1. The summed E-state index contributed by atoms with van der Waals surface area (Å²) in [7, 11) is 1.52. The van der Waals surface area contributed by atoms with Crippen LogP contribution in [-0.2, 0) is 13.1 Å². The van der Waals surface area contributed by atoms with Crippen molar-refractivity contribution in [1.82, 2.24) is 14.5 Å². The Bertz CT molecular complexity index is 922. The molecule has 0 N–H and O–H groups in total. The predicted octanol–water partition coefficient (Wildman–Crippen LogP) is 4.51. The number of rotatable bonds is 6. The van der Waals surface area contributed by atoms with Gasteiger partial charge in [-0.3, -0.25) is 4.79 Å². The van der Waals surface area contributed by atoms with Crippen LogP contribution < -0.4 is 4.74 Å². The molecule has 2 aromatic carbocycles. The maximum atomic E-state index is 12.6. The summed E-state index contributed by atoms with van der Waals surface area (Å²) >= 11 is 0. The third-order valence-corrected chi connectivity index (χ3v) is 3.96. The zero-order chi connectivity index (χ0) is 20.1. The average molecular weight is 389 g/mol. The van der Waals surface area contributed by atoms with Crippen molar-refractivity contribution in [3.8, 4) is 11.5 Å². The molecule has 3 aromatic rings. The Balaban J connectivity index is 1.64. The molecule has 0 aliphatic rings. The van der Waals surface area contributed by atoms with Crippen molar-refractivity contribution in [2.24, 2.45) is 0 Å². The first-order chi connectivity index (χ1) is 13.3. The summed E-state index contributed by atoms with van der Waals surface area (Å²) in [6.07, 6.45) is -1.82. The van der Waals surface area contributed by atoms with Crippen LogP contribution in [0.3, 0.4) is 0 Å². The van der Waals surface area contributed by atoms with Gasteiger partial charge in [-0.2, -0.15) is 13.2 Å². The van der Waals surface area contributed by atoms with Crippen molar-refractivity contribution in [2.75, 3.05) is 7.05 Å². The molecule has 0 saturated carbocycles. The molecule has 28 heavy (non-hydrogen) atoms. The van der Waals surface area contributed by atoms with Crippen molar-refractivity contribution in [3.05, 3.63) is 78.4 Å². The molecule has 1 amide bonds. The molecular formula is C20H18F3N3O2. The normalized spacial score (nSPS) is 11.3. The van der Waals surface area contributed by atoms with E-state index in [0.29, 0.717) is 17.1 Å². The molecule has 0 unspecified atom stereocenters. The number of amides is 1. The second-order valence-electron chi connectivity index (χ2n) is 6.19. The molecule has 0 atom stereocenters.